The summed E-state index contributed by atoms with van der Waals surface area (Å²) in [6.07, 6.45) is 15.2. The highest BCUT2D eigenvalue weighted by Crippen LogP contribution is 2.45. The zero-order valence-electron chi connectivity index (χ0n) is 23.2. The molecule has 0 saturated carbocycles. The Balaban J connectivity index is 1.21. The number of aryl methyl sites for hydroxylation is 2. The summed E-state index contributed by atoms with van der Waals surface area (Å²) in [5.74, 6) is 0. The number of unbranched alkanes of at least 4 members (excludes halogenated alkanes) is 7. The van der Waals surface area contributed by atoms with E-state index in [0.29, 0.717) is 0 Å². The molecule has 3 aromatic heterocycles. The lowest BCUT2D eigenvalue weighted by Crippen LogP contribution is -1.96. The summed E-state index contributed by atoms with van der Waals surface area (Å²) in [6.45, 7) is 6.36. The molecule has 0 radical (unpaired) electrons. The van der Waals surface area contributed by atoms with Crippen molar-refractivity contribution in [1.29, 1.82) is 0 Å². The van der Waals surface area contributed by atoms with E-state index in [2.05, 4.69) is 62.4 Å². The molecule has 0 atom stereocenters. The van der Waals surface area contributed by atoms with Gasteiger partial charge < -0.3 is 4.74 Å². The highest BCUT2D eigenvalue weighted by atomic mass is 32.1. The fourth-order valence-corrected chi connectivity index (χ4v) is 9.04. The predicted octanol–water partition coefficient (Wildman–Crippen LogP) is 12.0. The first-order valence-corrected chi connectivity index (χ1v) is 17.3. The van der Waals surface area contributed by atoms with E-state index in [9.17, 15) is 0 Å². The van der Waals surface area contributed by atoms with Crippen LogP contribution < -0.4 is 0 Å². The van der Waals surface area contributed by atoms with E-state index in [1.54, 1.807) is 0 Å². The van der Waals surface area contributed by atoms with Crippen molar-refractivity contribution in [2.75, 3.05) is 13.2 Å². The van der Waals surface area contributed by atoms with Crippen LogP contribution in [0.25, 0.3) is 40.0 Å². The summed E-state index contributed by atoms with van der Waals surface area (Å²) in [7, 11) is 0. The van der Waals surface area contributed by atoms with E-state index >= 15 is 0 Å². The Morgan fingerprint density at radius 2 is 1.26 bits per heavy atom. The van der Waals surface area contributed by atoms with Gasteiger partial charge in [-0.1, -0.05) is 76.6 Å². The van der Waals surface area contributed by atoms with Gasteiger partial charge in [0, 0.05) is 43.1 Å². The monoisotopic (exact) mass is 562 g/mol. The third kappa shape index (κ3) is 6.88. The molecule has 0 unspecified atom stereocenters. The molecule has 202 valence electrons. The van der Waals surface area contributed by atoms with Crippen molar-refractivity contribution < 1.29 is 4.74 Å². The average molecular weight is 563 g/mol. The first-order chi connectivity index (χ1) is 18.8. The second-order valence-electron chi connectivity index (χ2n) is 10.6. The summed E-state index contributed by atoms with van der Waals surface area (Å²) in [6, 6.07) is 19.0. The van der Waals surface area contributed by atoms with Crippen LogP contribution in [0.1, 0.15) is 88.5 Å². The summed E-state index contributed by atoms with van der Waals surface area (Å²) in [4.78, 5) is 2.94. The molecule has 0 N–H and O–H groups in total. The standard InChI is InChI=1S/C34H42OS3/c1-3-5-7-11-14-27-17-20-30(36-27)26-16-19-29-32(24-26)38-33-28-18-15-25(23-31(28)37-34(29)33)13-10-8-9-12-22-35-21-6-4-2/h15-20,23-24H,3-14,21-22H2,1-2H3. The van der Waals surface area contributed by atoms with E-state index in [1.165, 1.54) is 128 Å². The second-order valence-corrected chi connectivity index (χ2v) is 13.9. The molecular formula is C34H42OS3. The topological polar surface area (TPSA) is 9.23 Å². The van der Waals surface area contributed by atoms with Crippen molar-refractivity contribution in [3.05, 3.63) is 59.0 Å². The molecule has 0 bridgehead atoms. The quantitative estimate of drug-likeness (QED) is 0.109. The van der Waals surface area contributed by atoms with Crippen LogP contribution in [0.15, 0.2) is 48.5 Å². The molecule has 5 aromatic rings. The maximum absolute atomic E-state index is 5.69. The second kappa shape index (κ2) is 14.1. The van der Waals surface area contributed by atoms with Gasteiger partial charge in [-0.25, -0.2) is 0 Å². The van der Waals surface area contributed by atoms with Crippen LogP contribution in [0.2, 0.25) is 0 Å². The Morgan fingerprint density at radius 3 is 2.08 bits per heavy atom. The smallest absolute Gasteiger partial charge is 0.0542 e. The zero-order valence-corrected chi connectivity index (χ0v) is 25.6. The minimum Gasteiger partial charge on any atom is -0.381 e. The predicted molar refractivity (Wildman–Crippen MR) is 174 cm³/mol. The fraction of sp³-hybridized carbons (Fsp3) is 0.471. The van der Waals surface area contributed by atoms with Gasteiger partial charge in [0.2, 0.25) is 0 Å². The minimum atomic E-state index is 0.931. The van der Waals surface area contributed by atoms with Gasteiger partial charge in [0.15, 0.2) is 0 Å². The van der Waals surface area contributed by atoms with Crippen LogP contribution in [0, 0.1) is 0 Å². The molecule has 0 amide bonds. The van der Waals surface area contributed by atoms with Crippen LogP contribution in [-0.4, -0.2) is 13.2 Å². The van der Waals surface area contributed by atoms with Gasteiger partial charge >= 0.3 is 0 Å². The van der Waals surface area contributed by atoms with Crippen molar-refractivity contribution in [1.82, 2.24) is 0 Å². The fourth-order valence-electron chi connectivity index (χ4n) is 5.24. The van der Waals surface area contributed by atoms with Crippen LogP contribution in [0.3, 0.4) is 0 Å². The first-order valence-electron chi connectivity index (χ1n) is 14.8. The lowest BCUT2D eigenvalue weighted by Gasteiger charge is -2.04. The highest BCUT2D eigenvalue weighted by Gasteiger charge is 2.14. The summed E-state index contributed by atoms with van der Waals surface area (Å²) >= 11 is 5.94. The van der Waals surface area contributed by atoms with Crippen molar-refractivity contribution in [3.8, 4) is 10.4 Å². The molecule has 3 heterocycles. The summed E-state index contributed by atoms with van der Waals surface area (Å²) in [5, 5.41) is 2.86. The lowest BCUT2D eigenvalue weighted by molar-refractivity contribution is 0.127. The van der Waals surface area contributed by atoms with Crippen LogP contribution >= 0.6 is 34.0 Å². The molecular weight excluding hydrogens is 521 g/mol. The third-order valence-corrected chi connectivity index (χ3v) is 11.2. The molecule has 1 nitrogen and oxygen atoms in total. The Hall–Kier alpha value is -1.72. The van der Waals surface area contributed by atoms with E-state index < -0.39 is 0 Å². The highest BCUT2D eigenvalue weighted by molar-refractivity contribution is 7.36. The summed E-state index contributed by atoms with van der Waals surface area (Å²) in [5.41, 5.74) is 2.86. The largest absolute Gasteiger partial charge is 0.381 e. The molecule has 0 aliphatic rings. The lowest BCUT2D eigenvalue weighted by atomic mass is 10.1. The maximum Gasteiger partial charge on any atom is 0.0542 e. The van der Waals surface area contributed by atoms with E-state index in [1.807, 2.05) is 34.0 Å². The first kappa shape index (κ1) is 27.8. The zero-order chi connectivity index (χ0) is 26.2. The number of fused-ring (bicyclic) bond motifs is 5. The third-order valence-electron chi connectivity index (χ3n) is 7.52. The van der Waals surface area contributed by atoms with Gasteiger partial charge in [0.25, 0.3) is 0 Å². The molecule has 5 rings (SSSR count). The van der Waals surface area contributed by atoms with Crippen molar-refractivity contribution in [2.24, 2.45) is 0 Å². The van der Waals surface area contributed by atoms with Crippen molar-refractivity contribution in [2.45, 2.75) is 90.9 Å². The van der Waals surface area contributed by atoms with Crippen LogP contribution in [0.5, 0.6) is 0 Å². The van der Waals surface area contributed by atoms with Gasteiger partial charge in [-0.15, -0.1) is 34.0 Å². The maximum atomic E-state index is 5.69. The van der Waals surface area contributed by atoms with Gasteiger partial charge in [0.05, 0.1) is 9.40 Å². The molecule has 2 aromatic carbocycles. The molecule has 0 fully saturated rings. The molecule has 0 aliphatic carbocycles. The number of benzene rings is 2. The number of hydrogen-bond acceptors (Lipinski definition) is 4. The molecule has 0 aliphatic heterocycles. The van der Waals surface area contributed by atoms with E-state index in [4.69, 9.17) is 4.74 Å². The van der Waals surface area contributed by atoms with Crippen LogP contribution in [0.4, 0.5) is 0 Å². The van der Waals surface area contributed by atoms with Crippen LogP contribution in [-0.2, 0) is 17.6 Å². The SMILES string of the molecule is CCCCCCc1ccc(-c2ccc3c(c2)sc2c4ccc(CCCCCCOCCCC)cc4sc32)s1. The Kier molecular flexibility index (Phi) is 10.3. The normalized spacial score (nSPS) is 11.9. The van der Waals surface area contributed by atoms with E-state index in [-0.39, 0.29) is 0 Å². The van der Waals surface area contributed by atoms with E-state index in [0.717, 1.165) is 13.2 Å². The number of ether oxygens (including phenoxy) is 1. The van der Waals surface area contributed by atoms with Gasteiger partial charge in [-0.2, -0.15) is 0 Å². The number of thiophene rings is 3. The van der Waals surface area contributed by atoms with Gasteiger partial charge in [-0.05, 0) is 73.9 Å². The Morgan fingerprint density at radius 1 is 0.579 bits per heavy atom. The Bertz CT molecular complexity index is 1440. The minimum absolute atomic E-state index is 0.931. The number of hydrogen-bond donors (Lipinski definition) is 0. The average Bonchev–Trinajstić information content (AvgIpc) is 3.64. The van der Waals surface area contributed by atoms with Crippen molar-refractivity contribution >= 4 is 63.6 Å². The van der Waals surface area contributed by atoms with Crippen molar-refractivity contribution in [3.63, 3.8) is 0 Å². The molecule has 4 heteroatoms. The van der Waals surface area contributed by atoms with Gasteiger partial charge in [0.1, 0.15) is 0 Å². The molecule has 38 heavy (non-hydrogen) atoms. The number of rotatable bonds is 16. The Labute approximate surface area is 240 Å². The molecule has 0 saturated heterocycles. The van der Waals surface area contributed by atoms with Gasteiger partial charge in [-0.3, -0.25) is 0 Å². The molecule has 0 spiro atoms. The summed E-state index contributed by atoms with van der Waals surface area (Å²) < 4.78 is 11.5.